The van der Waals surface area contributed by atoms with Crippen LogP contribution in [0.5, 0.6) is 0 Å². The molecule has 9 heteroatoms. The van der Waals surface area contributed by atoms with Crippen molar-refractivity contribution >= 4 is 17.6 Å². The second-order valence-electron chi connectivity index (χ2n) is 6.14. The average Bonchev–Trinajstić information content (AvgIpc) is 2.62. The van der Waals surface area contributed by atoms with Gasteiger partial charge in [-0.3, -0.25) is 0 Å². The quantitative estimate of drug-likeness (QED) is 0.650. The number of nitrogens with zero attached hydrogens (tertiary/aromatic N) is 1. The van der Waals surface area contributed by atoms with E-state index in [1.54, 1.807) is 30.3 Å². The van der Waals surface area contributed by atoms with Crippen LogP contribution in [0.2, 0.25) is 5.02 Å². The molecule has 0 aromatic heterocycles. The molecule has 0 heterocycles. The number of ether oxygens (including phenoxy) is 1. The van der Waals surface area contributed by atoms with Crippen LogP contribution >= 0.6 is 11.6 Å². The van der Waals surface area contributed by atoms with Gasteiger partial charge in [0.1, 0.15) is 12.4 Å². The predicted molar refractivity (Wildman–Crippen MR) is 97.3 cm³/mol. The molecule has 0 atom stereocenters. The Morgan fingerprint density at radius 1 is 1.14 bits per heavy atom. The van der Waals surface area contributed by atoms with E-state index in [0.717, 1.165) is 5.56 Å². The number of hydrogen-bond acceptors (Lipinski definition) is 2. The first-order valence-electron chi connectivity index (χ1n) is 8.30. The lowest BCUT2D eigenvalue weighted by Crippen LogP contribution is -2.36. The second-order valence-corrected chi connectivity index (χ2v) is 6.55. The highest BCUT2D eigenvalue weighted by Crippen LogP contribution is 2.20. The molecule has 0 aliphatic rings. The minimum Gasteiger partial charge on any atom is -0.367 e. The zero-order valence-electron chi connectivity index (χ0n) is 15.0. The maximum Gasteiger partial charge on any atom is 0.411 e. The third-order valence-corrected chi connectivity index (χ3v) is 4.16. The molecule has 152 valence electrons. The summed E-state index contributed by atoms with van der Waals surface area (Å²) in [4.78, 5) is 13.5. The van der Waals surface area contributed by atoms with Crippen LogP contribution in [0.4, 0.5) is 22.4 Å². The molecule has 0 saturated heterocycles. The van der Waals surface area contributed by atoms with Gasteiger partial charge in [0, 0.05) is 24.2 Å². The summed E-state index contributed by atoms with van der Waals surface area (Å²) in [7, 11) is 1.51. The number of amides is 2. The minimum absolute atomic E-state index is 0.00677. The van der Waals surface area contributed by atoms with Gasteiger partial charge in [0.25, 0.3) is 0 Å². The Balaban J connectivity index is 1.82. The standard InChI is InChI=1S/C19H19ClF4N2O2/c1-26(10-15-16(20)3-2-4-17(15)21)18(27)25-9-13-5-7-14(8-6-13)11-28-12-19(22,23)24/h2-8H,9-12H2,1H3,(H,25,27). The van der Waals surface area contributed by atoms with Gasteiger partial charge in [0.2, 0.25) is 0 Å². The third-order valence-electron chi connectivity index (χ3n) is 3.80. The van der Waals surface area contributed by atoms with Crippen molar-refractivity contribution in [1.82, 2.24) is 10.2 Å². The van der Waals surface area contributed by atoms with Crippen molar-refractivity contribution in [2.75, 3.05) is 13.7 Å². The summed E-state index contributed by atoms with van der Waals surface area (Å²) in [6, 6.07) is 10.5. The van der Waals surface area contributed by atoms with E-state index in [9.17, 15) is 22.4 Å². The molecule has 2 amide bonds. The lowest BCUT2D eigenvalue weighted by Gasteiger charge is -2.19. The normalized spacial score (nSPS) is 11.4. The van der Waals surface area contributed by atoms with Crippen LogP contribution in [0, 0.1) is 5.82 Å². The van der Waals surface area contributed by atoms with Crippen molar-refractivity contribution in [3.8, 4) is 0 Å². The molecule has 2 rings (SSSR count). The van der Waals surface area contributed by atoms with Crippen LogP contribution in [0.1, 0.15) is 16.7 Å². The summed E-state index contributed by atoms with van der Waals surface area (Å²) >= 11 is 5.96. The molecular formula is C19H19ClF4N2O2. The van der Waals surface area contributed by atoms with Crippen molar-refractivity contribution in [2.24, 2.45) is 0 Å². The van der Waals surface area contributed by atoms with E-state index < -0.39 is 24.6 Å². The van der Waals surface area contributed by atoms with E-state index in [0.29, 0.717) is 5.56 Å². The summed E-state index contributed by atoms with van der Waals surface area (Å²) in [5.74, 6) is -0.490. The highest BCUT2D eigenvalue weighted by Gasteiger charge is 2.27. The number of urea groups is 1. The monoisotopic (exact) mass is 418 g/mol. The van der Waals surface area contributed by atoms with Crippen LogP contribution < -0.4 is 5.32 Å². The Morgan fingerprint density at radius 2 is 1.79 bits per heavy atom. The lowest BCUT2D eigenvalue weighted by atomic mass is 10.1. The van der Waals surface area contributed by atoms with E-state index in [1.807, 2.05) is 0 Å². The Labute approximate surface area is 165 Å². The topological polar surface area (TPSA) is 41.6 Å². The zero-order chi connectivity index (χ0) is 20.7. The van der Waals surface area contributed by atoms with E-state index in [1.165, 1.54) is 24.1 Å². The number of benzene rings is 2. The summed E-state index contributed by atoms with van der Waals surface area (Å²) < 4.78 is 54.5. The molecule has 0 saturated carbocycles. The molecule has 2 aromatic carbocycles. The molecular weight excluding hydrogens is 400 g/mol. The molecule has 28 heavy (non-hydrogen) atoms. The van der Waals surface area contributed by atoms with Gasteiger partial charge < -0.3 is 15.0 Å². The number of carbonyl (C=O) groups is 1. The SMILES string of the molecule is CN(Cc1c(F)cccc1Cl)C(=O)NCc1ccc(COCC(F)(F)F)cc1. The van der Waals surface area contributed by atoms with E-state index in [2.05, 4.69) is 10.1 Å². The summed E-state index contributed by atoms with van der Waals surface area (Å²) in [6.07, 6.45) is -4.36. The van der Waals surface area contributed by atoms with Crippen molar-refractivity contribution < 1.29 is 27.1 Å². The molecule has 0 bridgehead atoms. The number of alkyl halides is 3. The fourth-order valence-electron chi connectivity index (χ4n) is 2.34. The average molecular weight is 419 g/mol. The first kappa shape index (κ1) is 22.0. The van der Waals surface area contributed by atoms with Crippen LogP contribution in [0.15, 0.2) is 42.5 Å². The number of nitrogens with one attached hydrogen (secondary N) is 1. The van der Waals surface area contributed by atoms with Gasteiger partial charge in [-0.15, -0.1) is 0 Å². The largest absolute Gasteiger partial charge is 0.411 e. The van der Waals surface area contributed by atoms with Gasteiger partial charge >= 0.3 is 12.2 Å². The van der Waals surface area contributed by atoms with Gasteiger partial charge in [-0.2, -0.15) is 13.2 Å². The smallest absolute Gasteiger partial charge is 0.367 e. The highest BCUT2D eigenvalue weighted by molar-refractivity contribution is 6.31. The molecule has 2 aromatic rings. The zero-order valence-corrected chi connectivity index (χ0v) is 15.8. The van der Waals surface area contributed by atoms with E-state index in [4.69, 9.17) is 11.6 Å². The van der Waals surface area contributed by atoms with Crippen LogP contribution in [0.3, 0.4) is 0 Å². The van der Waals surface area contributed by atoms with Crippen molar-refractivity contribution in [3.05, 3.63) is 70.0 Å². The van der Waals surface area contributed by atoms with Crippen LogP contribution in [-0.4, -0.2) is 30.8 Å². The van der Waals surface area contributed by atoms with Gasteiger partial charge in [-0.1, -0.05) is 41.9 Å². The second kappa shape index (κ2) is 9.75. The Bertz CT molecular complexity index is 777. The molecule has 0 aliphatic carbocycles. The predicted octanol–water partition coefficient (Wildman–Crippen LogP) is 4.90. The maximum absolute atomic E-state index is 13.8. The first-order chi connectivity index (χ1) is 13.2. The third kappa shape index (κ3) is 7.01. The molecule has 0 aliphatic heterocycles. The summed E-state index contributed by atoms with van der Waals surface area (Å²) in [5.41, 5.74) is 1.57. The van der Waals surface area contributed by atoms with Crippen LogP contribution in [0.25, 0.3) is 0 Å². The van der Waals surface area contributed by atoms with Gasteiger partial charge in [0.05, 0.1) is 13.2 Å². The molecule has 0 unspecified atom stereocenters. The van der Waals surface area contributed by atoms with Crippen molar-refractivity contribution in [1.29, 1.82) is 0 Å². The van der Waals surface area contributed by atoms with E-state index in [-0.39, 0.29) is 30.3 Å². The van der Waals surface area contributed by atoms with Gasteiger partial charge in [0.15, 0.2) is 0 Å². The maximum atomic E-state index is 13.8. The van der Waals surface area contributed by atoms with Crippen molar-refractivity contribution in [2.45, 2.75) is 25.9 Å². The van der Waals surface area contributed by atoms with Gasteiger partial charge in [-0.25, -0.2) is 9.18 Å². The molecule has 0 fully saturated rings. The molecule has 4 nitrogen and oxygen atoms in total. The minimum atomic E-state index is -4.36. The molecule has 0 radical (unpaired) electrons. The summed E-state index contributed by atoms with van der Waals surface area (Å²) in [6.45, 7) is -1.24. The molecule has 0 spiro atoms. The number of carbonyl (C=O) groups excluding carboxylic acids is 1. The number of halogens is 5. The van der Waals surface area contributed by atoms with Crippen molar-refractivity contribution in [3.63, 3.8) is 0 Å². The fourth-order valence-corrected chi connectivity index (χ4v) is 2.57. The first-order valence-corrected chi connectivity index (χ1v) is 8.67. The Hall–Kier alpha value is -2.32. The van der Waals surface area contributed by atoms with Crippen LogP contribution in [-0.2, 0) is 24.4 Å². The van der Waals surface area contributed by atoms with Gasteiger partial charge in [-0.05, 0) is 23.3 Å². The fraction of sp³-hybridized carbons (Fsp3) is 0.316. The Kier molecular flexibility index (Phi) is 7.65. The highest BCUT2D eigenvalue weighted by atomic mass is 35.5. The number of hydrogen-bond donors (Lipinski definition) is 1. The van der Waals surface area contributed by atoms with E-state index >= 15 is 0 Å². The summed E-state index contributed by atoms with van der Waals surface area (Å²) in [5, 5.41) is 2.92. The number of rotatable bonds is 7. The Morgan fingerprint density at radius 3 is 2.39 bits per heavy atom. The molecule has 1 N–H and O–H groups in total. The lowest BCUT2D eigenvalue weighted by molar-refractivity contribution is -0.176.